The maximum absolute atomic E-state index is 10.5. The van der Waals surface area contributed by atoms with E-state index in [9.17, 15) is 5.11 Å². The predicted octanol–water partition coefficient (Wildman–Crippen LogP) is 3.00. The van der Waals surface area contributed by atoms with Crippen LogP contribution in [-0.4, -0.2) is 19.9 Å². The Bertz CT molecular complexity index is 712. The molecule has 0 spiro atoms. The molecular weight excluding hydrogens is 274 g/mol. The zero-order chi connectivity index (χ0) is 13.9. The lowest BCUT2D eigenvalue weighted by Crippen LogP contribution is -2.09. The monoisotopic (exact) mass is 285 g/mol. The molecule has 0 radical (unpaired) electrons. The van der Waals surface area contributed by atoms with Crippen LogP contribution in [-0.2, 0) is 0 Å². The van der Waals surface area contributed by atoms with E-state index in [2.05, 4.69) is 10.1 Å². The first-order chi connectivity index (χ1) is 9.77. The zero-order valence-electron chi connectivity index (χ0n) is 10.5. The lowest BCUT2D eigenvalue weighted by Gasteiger charge is -2.14. The average molecular weight is 286 g/mol. The molecule has 0 saturated carbocycles. The maximum atomic E-state index is 10.5. The van der Waals surface area contributed by atoms with E-state index in [-0.39, 0.29) is 0 Å². The van der Waals surface area contributed by atoms with Gasteiger partial charge in [0.15, 0.2) is 0 Å². The number of para-hydroxylation sites is 1. The van der Waals surface area contributed by atoms with E-state index in [4.69, 9.17) is 11.6 Å². The number of halogens is 1. The second kappa shape index (κ2) is 5.45. The topological polar surface area (TPSA) is 50.9 Å². The molecule has 2 heterocycles. The van der Waals surface area contributed by atoms with Crippen LogP contribution in [0.25, 0.3) is 5.69 Å². The van der Waals surface area contributed by atoms with Crippen LogP contribution in [0.1, 0.15) is 17.4 Å². The fraction of sp³-hybridized carbons (Fsp3) is 0.0667. The van der Waals surface area contributed by atoms with E-state index in [1.807, 2.05) is 30.3 Å². The Morgan fingerprint density at radius 3 is 2.60 bits per heavy atom. The van der Waals surface area contributed by atoms with Gasteiger partial charge >= 0.3 is 0 Å². The van der Waals surface area contributed by atoms with Crippen molar-refractivity contribution in [3.8, 4) is 5.69 Å². The average Bonchev–Trinajstić information content (AvgIpc) is 2.97. The van der Waals surface area contributed by atoms with Gasteiger partial charge in [0.25, 0.3) is 0 Å². The summed E-state index contributed by atoms with van der Waals surface area (Å²) in [4.78, 5) is 3.92. The van der Waals surface area contributed by atoms with Gasteiger partial charge < -0.3 is 5.11 Å². The minimum Gasteiger partial charge on any atom is -0.382 e. The van der Waals surface area contributed by atoms with Crippen LogP contribution in [0.5, 0.6) is 0 Å². The summed E-state index contributed by atoms with van der Waals surface area (Å²) in [6.45, 7) is 0. The highest BCUT2D eigenvalue weighted by molar-refractivity contribution is 6.31. The number of benzene rings is 1. The Hall–Kier alpha value is -2.17. The Morgan fingerprint density at radius 2 is 1.85 bits per heavy atom. The van der Waals surface area contributed by atoms with Gasteiger partial charge in [-0.15, -0.1) is 0 Å². The number of aromatic nitrogens is 3. The zero-order valence-corrected chi connectivity index (χ0v) is 11.3. The number of aliphatic hydroxyl groups excluding tert-OH is 1. The molecule has 0 amide bonds. The van der Waals surface area contributed by atoms with Gasteiger partial charge in [0.1, 0.15) is 6.10 Å². The third-order valence-corrected chi connectivity index (χ3v) is 3.37. The molecule has 1 N–H and O–H groups in total. The van der Waals surface area contributed by atoms with E-state index in [0.717, 1.165) is 5.69 Å². The minimum absolute atomic E-state index is 0.431. The number of hydrogen-bond acceptors (Lipinski definition) is 3. The molecule has 0 aliphatic heterocycles. The molecule has 3 aromatic rings. The smallest absolute Gasteiger partial charge is 0.123 e. The van der Waals surface area contributed by atoms with Gasteiger partial charge in [0, 0.05) is 24.2 Å². The van der Waals surface area contributed by atoms with Crippen LogP contribution < -0.4 is 0 Å². The fourth-order valence-electron chi connectivity index (χ4n) is 2.07. The molecule has 20 heavy (non-hydrogen) atoms. The van der Waals surface area contributed by atoms with Gasteiger partial charge in [0.2, 0.25) is 0 Å². The summed E-state index contributed by atoms with van der Waals surface area (Å²) in [5, 5.41) is 15.2. The Morgan fingerprint density at radius 1 is 1.05 bits per heavy atom. The molecule has 2 aromatic heterocycles. The highest BCUT2D eigenvalue weighted by atomic mass is 35.5. The first kappa shape index (κ1) is 12.8. The van der Waals surface area contributed by atoms with Crippen LogP contribution in [0.3, 0.4) is 0 Å². The summed E-state index contributed by atoms with van der Waals surface area (Å²) >= 11 is 6.08. The van der Waals surface area contributed by atoms with Gasteiger partial charge in [-0.3, -0.25) is 4.98 Å². The summed E-state index contributed by atoms with van der Waals surface area (Å²) in [6.07, 6.45) is 3.92. The summed E-state index contributed by atoms with van der Waals surface area (Å²) in [5.74, 6) is 0. The quantitative estimate of drug-likeness (QED) is 0.805. The number of pyridine rings is 1. The molecule has 5 heteroatoms. The summed E-state index contributed by atoms with van der Waals surface area (Å²) in [7, 11) is 0. The first-order valence-electron chi connectivity index (χ1n) is 6.14. The van der Waals surface area contributed by atoms with Crippen LogP contribution >= 0.6 is 11.6 Å². The van der Waals surface area contributed by atoms with Crippen molar-refractivity contribution in [2.75, 3.05) is 0 Å². The molecule has 0 saturated heterocycles. The molecule has 0 fully saturated rings. The van der Waals surface area contributed by atoms with Crippen molar-refractivity contribution < 1.29 is 5.11 Å². The summed E-state index contributed by atoms with van der Waals surface area (Å²) in [5.41, 5.74) is 2.15. The van der Waals surface area contributed by atoms with Crippen molar-refractivity contribution in [2.24, 2.45) is 0 Å². The largest absolute Gasteiger partial charge is 0.382 e. The van der Waals surface area contributed by atoms with Crippen molar-refractivity contribution in [3.63, 3.8) is 0 Å². The standard InChI is InChI=1S/C15H12ClN3O/c16-13-10-17-8-6-12(13)15(20)14-7-9-18-19(14)11-4-2-1-3-5-11/h1-10,15,20H. The Balaban J connectivity index is 2.04. The van der Waals surface area contributed by atoms with Gasteiger partial charge in [-0.1, -0.05) is 29.8 Å². The fourth-order valence-corrected chi connectivity index (χ4v) is 2.30. The van der Waals surface area contributed by atoms with Crippen LogP contribution in [0.2, 0.25) is 5.02 Å². The van der Waals surface area contributed by atoms with E-state index in [0.29, 0.717) is 16.3 Å². The van der Waals surface area contributed by atoms with Crippen molar-refractivity contribution in [1.29, 1.82) is 0 Å². The van der Waals surface area contributed by atoms with Gasteiger partial charge in [-0.25, -0.2) is 4.68 Å². The first-order valence-corrected chi connectivity index (χ1v) is 6.52. The molecule has 0 aliphatic rings. The van der Waals surface area contributed by atoms with Crippen LogP contribution in [0.15, 0.2) is 61.1 Å². The predicted molar refractivity (Wildman–Crippen MR) is 76.9 cm³/mol. The highest BCUT2D eigenvalue weighted by Gasteiger charge is 2.18. The van der Waals surface area contributed by atoms with E-state index < -0.39 is 6.10 Å². The number of aliphatic hydroxyl groups is 1. The normalized spacial score (nSPS) is 12.3. The molecule has 1 aromatic carbocycles. The third kappa shape index (κ3) is 2.31. The van der Waals surface area contributed by atoms with E-state index in [1.54, 1.807) is 29.2 Å². The molecule has 4 nitrogen and oxygen atoms in total. The van der Waals surface area contributed by atoms with E-state index >= 15 is 0 Å². The second-order valence-corrected chi connectivity index (χ2v) is 4.71. The molecule has 1 atom stereocenters. The Kier molecular flexibility index (Phi) is 3.50. The number of hydrogen-bond donors (Lipinski definition) is 1. The van der Waals surface area contributed by atoms with Crippen molar-refractivity contribution in [2.45, 2.75) is 6.10 Å². The molecule has 0 aliphatic carbocycles. The van der Waals surface area contributed by atoms with Gasteiger partial charge in [-0.2, -0.15) is 5.10 Å². The summed E-state index contributed by atoms with van der Waals surface area (Å²) < 4.78 is 1.70. The molecule has 100 valence electrons. The lowest BCUT2D eigenvalue weighted by molar-refractivity contribution is 0.212. The van der Waals surface area contributed by atoms with E-state index in [1.165, 1.54) is 6.20 Å². The van der Waals surface area contributed by atoms with Crippen molar-refractivity contribution in [3.05, 3.63) is 77.3 Å². The summed E-state index contributed by atoms with van der Waals surface area (Å²) in [6, 6.07) is 13.1. The van der Waals surface area contributed by atoms with Gasteiger partial charge in [-0.05, 0) is 24.3 Å². The highest BCUT2D eigenvalue weighted by Crippen LogP contribution is 2.28. The van der Waals surface area contributed by atoms with Crippen LogP contribution in [0.4, 0.5) is 0 Å². The lowest BCUT2D eigenvalue weighted by atomic mass is 10.1. The van der Waals surface area contributed by atoms with Crippen molar-refractivity contribution in [1.82, 2.24) is 14.8 Å². The molecule has 3 rings (SSSR count). The van der Waals surface area contributed by atoms with Gasteiger partial charge in [0.05, 0.1) is 16.4 Å². The second-order valence-electron chi connectivity index (χ2n) is 4.30. The molecule has 0 bridgehead atoms. The maximum Gasteiger partial charge on any atom is 0.123 e. The molecular formula is C15H12ClN3O. The van der Waals surface area contributed by atoms with Crippen LogP contribution in [0, 0.1) is 0 Å². The number of nitrogens with zero attached hydrogens (tertiary/aromatic N) is 3. The minimum atomic E-state index is -0.854. The third-order valence-electron chi connectivity index (χ3n) is 3.05. The molecule has 1 unspecified atom stereocenters. The number of rotatable bonds is 3. The SMILES string of the molecule is OC(c1ccncc1Cl)c1ccnn1-c1ccccc1. The Labute approximate surface area is 121 Å². The van der Waals surface area contributed by atoms with Crippen molar-refractivity contribution >= 4 is 11.6 Å².